The van der Waals surface area contributed by atoms with Crippen LogP contribution in [0.5, 0.6) is 5.75 Å². The zero-order chi connectivity index (χ0) is 19.8. The molecule has 6 nitrogen and oxygen atoms in total. The molecule has 0 unspecified atom stereocenters. The van der Waals surface area contributed by atoms with Crippen LogP contribution in [0.4, 0.5) is 0 Å². The lowest BCUT2D eigenvalue weighted by Crippen LogP contribution is -2.47. The Hall–Kier alpha value is -2.86. The fraction of sp³-hybridized carbons (Fsp3) is 0.364. The van der Waals surface area contributed by atoms with E-state index >= 15 is 0 Å². The van der Waals surface area contributed by atoms with E-state index < -0.39 is 18.1 Å². The number of nitrogens with one attached hydrogen (secondary N) is 1. The highest BCUT2D eigenvalue weighted by molar-refractivity contribution is 5.87. The van der Waals surface area contributed by atoms with Gasteiger partial charge in [0.05, 0.1) is 7.11 Å². The van der Waals surface area contributed by atoms with Crippen molar-refractivity contribution in [2.45, 2.75) is 38.0 Å². The highest BCUT2D eigenvalue weighted by atomic mass is 16.5. The summed E-state index contributed by atoms with van der Waals surface area (Å²) in [6, 6.07) is 16.6. The van der Waals surface area contributed by atoms with Crippen LogP contribution in [0.15, 0.2) is 54.6 Å². The fourth-order valence-electron chi connectivity index (χ4n) is 3.08. The van der Waals surface area contributed by atoms with Gasteiger partial charge in [0.25, 0.3) is 0 Å². The standard InChI is InChI=1S/C22H25NO5/c1-26-22(25)19(23-21(24)20-8-5-13-27-20)14-16-9-11-18(12-10-16)28-15-17-6-3-2-4-7-17/h2-4,6-7,9-12,19-20H,5,8,13-15H2,1H3,(H,23,24)/t19-,20-/m1/s1. The maximum Gasteiger partial charge on any atom is 0.328 e. The highest BCUT2D eigenvalue weighted by Gasteiger charge is 2.28. The molecule has 2 aromatic rings. The predicted molar refractivity (Wildman–Crippen MR) is 104 cm³/mol. The number of rotatable bonds is 8. The summed E-state index contributed by atoms with van der Waals surface area (Å²) in [5.74, 6) is -0.00271. The first-order chi connectivity index (χ1) is 13.7. The van der Waals surface area contributed by atoms with Crippen LogP contribution in [0.2, 0.25) is 0 Å². The van der Waals surface area contributed by atoms with Crippen molar-refractivity contribution in [2.75, 3.05) is 13.7 Å². The van der Waals surface area contributed by atoms with Crippen LogP contribution in [0, 0.1) is 0 Å². The molecule has 6 heteroatoms. The van der Waals surface area contributed by atoms with Crippen molar-refractivity contribution in [3.8, 4) is 5.75 Å². The maximum atomic E-state index is 12.3. The summed E-state index contributed by atoms with van der Waals surface area (Å²) in [6.07, 6.45) is 1.38. The normalized spacial score (nSPS) is 17.0. The molecule has 2 aromatic carbocycles. The van der Waals surface area contributed by atoms with Gasteiger partial charge in [0.2, 0.25) is 5.91 Å². The van der Waals surface area contributed by atoms with E-state index in [0.717, 1.165) is 23.3 Å². The van der Waals surface area contributed by atoms with Gasteiger partial charge in [-0.3, -0.25) is 4.79 Å². The van der Waals surface area contributed by atoms with Gasteiger partial charge in [-0.25, -0.2) is 4.79 Å². The minimum Gasteiger partial charge on any atom is -0.489 e. The third-order valence-electron chi connectivity index (χ3n) is 4.64. The first kappa shape index (κ1) is 19.9. The number of carbonyl (C=O) groups excluding carboxylic acids is 2. The monoisotopic (exact) mass is 383 g/mol. The van der Waals surface area contributed by atoms with E-state index in [0.29, 0.717) is 26.1 Å². The zero-order valence-electron chi connectivity index (χ0n) is 15.9. The summed E-state index contributed by atoms with van der Waals surface area (Å²) in [4.78, 5) is 24.4. The number of hydrogen-bond acceptors (Lipinski definition) is 5. The van der Waals surface area contributed by atoms with Crippen molar-refractivity contribution in [3.63, 3.8) is 0 Å². The van der Waals surface area contributed by atoms with E-state index in [-0.39, 0.29) is 5.91 Å². The van der Waals surface area contributed by atoms with Crippen molar-refractivity contribution in [1.29, 1.82) is 0 Å². The molecule has 0 saturated carbocycles. The Morgan fingerprint density at radius 3 is 2.50 bits per heavy atom. The second-order valence-corrected chi connectivity index (χ2v) is 6.71. The van der Waals surface area contributed by atoms with Crippen LogP contribution < -0.4 is 10.1 Å². The molecule has 0 spiro atoms. The van der Waals surface area contributed by atoms with Crippen LogP contribution in [0.3, 0.4) is 0 Å². The lowest BCUT2D eigenvalue weighted by molar-refractivity contribution is -0.146. The Morgan fingerprint density at radius 1 is 1.11 bits per heavy atom. The maximum absolute atomic E-state index is 12.3. The average Bonchev–Trinajstić information content (AvgIpc) is 3.28. The molecule has 148 valence electrons. The molecule has 0 aromatic heterocycles. The SMILES string of the molecule is COC(=O)[C@@H](Cc1ccc(OCc2ccccc2)cc1)NC(=O)[C@H]1CCCO1. The Kier molecular flexibility index (Phi) is 7.03. The van der Waals surface area contributed by atoms with Crippen molar-refractivity contribution in [2.24, 2.45) is 0 Å². The summed E-state index contributed by atoms with van der Waals surface area (Å²) < 4.78 is 16.0. The smallest absolute Gasteiger partial charge is 0.328 e. The number of ether oxygens (including phenoxy) is 3. The number of amides is 1. The quantitative estimate of drug-likeness (QED) is 0.710. The molecular weight excluding hydrogens is 358 g/mol. The predicted octanol–water partition coefficient (Wildman–Crippen LogP) is 2.64. The summed E-state index contributed by atoms with van der Waals surface area (Å²) in [5, 5.41) is 2.75. The van der Waals surface area contributed by atoms with Crippen LogP contribution in [0.1, 0.15) is 24.0 Å². The van der Waals surface area contributed by atoms with Crippen molar-refractivity contribution in [1.82, 2.24) is 5.32 Å². The Labute approximate surface area is 164 Å². The molecule has 1 aliphatic rings. The molecule has 28 heavy (non-hydrogen) atoms. The molecule has 0 radical (unpaired) electrons. The molecule has 0 bridgehead atoms. The number of hydrogen-bond donors (Lipinski definition) is 1. The zero-order valence-corrected chi connectivity index (χ0v) is 15.9. The molecule has 1 saturated heterocycles. The van der Waals surface area contributed by atoms with Gasteiger partial charge in [-0.15, -0.1) is 0 Å². The van der Waals surface area contributed by atoms with E-state index in [1.165, 1.54) is 7.11 Å². The third kappa shape index (κ3) is 5.57. The molecular formula is C22H25NO5. The van der Waals surface area contributed by atoms with Gasteiger partial charge in [-0.1, -0.05) is 42.5 Å². The van der Waals surface area contributed by atoms with E-state index in [9.17, 15) is 9.59 Å². The summed E-state index contributed by atoms with van der Waals surface area (Å²) in [6.45, 7) is 1.06. The van der Waals surface area contributed by atoms with Gasteiger partial charge >= 0.3 is 5.97 Å². The van der Waals surface area contributed by atoms with E-state index in [1.54, 1.807) is 0 Å². The Bertz CT molecular complexity index is 769. The first-order valence-corrected chi connectivity index (χ1v) is 9.41. The van der Waals surface area contributed by atoms with Gasteiger partial charge in [-0.2, -0.15) is 0 Å². The van der Waals surface area contributed by atoms with Gasteiger partial charge in [0.15, 0.2) is 0 Å². The van der Waals surface area contributed by atoms with Crippen LogP contribution in [-0.2, 0) is 32.1 Å². The largest absolute Gasteiger partial charge is 0.489 e. The van der Waals surface area contributed by atoms with E-state index in [2.05, 4.69) is 5.32 Å². The molecule has 1 aliphatic heterocycles. The summed E-state index contributed by atoms with van der Waals surface area (Å²) in [5.41, 5.74) is 1.99. The minimum absolute atomic E-state index is 0.268. The molecule has 2 atom stereocenters. The first-order valence-electron chi connectivity index (χ1n) is 9.41. The molecule has 3 rings (SSSR count). The number of methoxy groups -OCH3 is 1. The Morgan fingerprint density at radius 2 is 1.86 bits per heavy atom. The summed E-state index contributed by atoms with van der Waals surface area (Å²) in [7, 11) is 1.31. The lowest BCUT2D eigenvalue weighted by atomic mass is 10.1. The van der Waals surface area contributed by atoms with Gasteiger partial charge in [0, 0.05) is 13.0 Å². The molecule has 1 heterocycles. The Balaban J connectivity index is 1.57. The number of benzene rings is 2. The highest BCUT2D eigenvalue weighted by Crippen LogP contribution is 2.17. The minimum atomic E-state index is -0.752. The fourth-order valence-corrected chi connectivity index (χ4v) is 3.08. The lowest BCUT2D eigenvalue weighted by Gasteiger charge is -2.19. The summed E-state index contributed by atoms with van der Waals surface area (Å²) >= 11 is 0. The molecule has 1 amide bonds. The topological polar surface area (TPSA) is 73.9 Å². The van der Waals surface area contributed by atoms with E-state index in [1.807, 2.05) is 54.6 Å². The second-order valence-electron chi connectivity index (χ2n) is 6.71. The van der Waals surface area contributed by atoms with Crippen molar-refractivity contribution < 1.29 is 23.8 Å². The van der Waals surface area contributed by atoms with Crippen molar-refractivity contribution >= 4 is 11.9 Å². The number of esters is 1. The van der Waals surface area contributed by atoms with Crippen molar-refractivity contribution in [3.05, 3.63) is 65.7 Å². The van der Waals surface area contributed by atoms with Gasteiger partial charge in [0.1, 0.15) is 24.5 Å². The van der Waals surface area contributed by atoms with Gasteiger partial charge < -0.3 is 19.5 Å². The van der Waals surface area contributed by atoms with Crippen LogP contribution >= 0.6 is 0 Å². The van der Waals surface area contributed by atoms with E-state index in [4.69, 9.17) is 14.2 Å². The molecule has 1 N–H and O–H groups in total. The third-order valence-corrected chi connectivity index (χ3v) is 4.64. The number of carbonyl (C=O) groups is 2. The molecule has 1 fully saturated rings. The molecule has 0 aliphatic carbocycles. The van der Waals surface area contributed by atoms with Crippen LogP contribution in [-0.4, -0.2) is 37.7 Å². The second kappa shape index (κ2) is 9.90. The van der Waals surface area contributed by atoms with Crippen LogP contribution in [0.25, 0.3) is 0 Å². The average molecular weight is 383 g/mol. The van der Waals surface area contributed by atoms with Gasteiger partial charge in [-0.05, 0) is 36.1 Å².